The van der Waals surface area contributed by atoms with Crippen molar-refractivity contribution in [3.8, 4) is 0 Å². The number of imide groups is 1. The summed E-state index contributed by atoms with van der Waals surface area (Å²) in [6.45, 7) is -0.633. The second kappa shape index (κ2) is 11.7. The van der Waals surface area contributed by atoms with Crippen molar-refractivity contribution in [3.63, 3.8) is 0 Å². The summed E-state index contributed by atoms with van der Waals surface area (Å²) < 4.78 is 9.88. The van der Waals surface area contributed by atoms with Crippen LogP contribution >= 0.6 is 12.2 Å². The summed E-state index contributed by atoms with van der Waals surface area (Å²) in [5.74, 6) is -4.77. The Kier molecular flexibility index (Phi) is 9.65. The maximum atomic E-state index is 11.9. The number of nitrogens with one attached hydrogen (secondary N) is 2. The van der Waals surface area contributed by atoms with Gasteiger partial charge in [0.15, 0.2) is 5.11 Å². The highest BCUT2D eigenvalue weighted by Gasteiger charge is 2.38. The van der Waals surface area contributed by atoms with E-state index in [9.17, 15) is 28.8 Å². The van der Waals surface area contributed by atoms with Crippen molar-refractivity contribution < 1.29 is 43.3 Å². The van der Waals surface area contributed by atoms with Crippen molar-refractivity contribution in [2.75, 3.05) is 13.7 Å². The van der Waals surface area contributed by atoms with Crippen LogP contribution in [-0.4, -0.2) is 70.6 Å². The molecular weight excluding hydrogens is 410 g/mol. The number of hydrogen-bond acceptors (Lipinski definition) is 9. The summed E-state index contributed by atoms with van der Waals surface area (Å²) in [6, 6.07) is 0. The number of likely N-dealkylation sites (tertiary alicyclic amines) is 1. The molecule has 1 atom stereocenters. The van der Waals surface area contributed by atoms with E-state index in [4.69, 9.17) is 26.8 Å². The molecule has 1 aliphatic heterocycles. The Hall–Kier alpha value is -3.09. The monoisotopic (exact) mass is 431 g/mol. The van der Waals surface area contributed by atoms with Crippen LogP contribution in [0.2, 0.25) is 0 Å². The topological polar surface area (TPSA) is 168 Å². The molecular formula is C16H21N3O9S. The molecule has 3 N–H and O–H groups in total. The van der Waals surface area contributed by atoms with Crippen LogP contribution in [0.25, 0.3) is 0 Å². The molecule has 29 heavy (non-hydrogen) atoms. The van der Waals surface area contributed by atoms with Crippen LogP contribution in [0.4, 0.5) is 0 Å². The first-order valence-electron chi connectivity index (χ1n) is 8.57. The van der Waals surface area contributed by atoms with E-state index < -0.39 is 61.3 Å². The lowest BCUT2D eigenvalue weighted by Gasteiger charge is -2.25. The molecule has 1 saturated heterocycles. The number of carbonyl (C=O) groups excluding carboxylic acids is 5. The summed E-state index contributed by atoms with van der Waals surface area (Å²) in [5.41, 5.74) is 0. The van der Waals surface area contributed by atoms with Gasteiger partial charge < -0.3 is 25.2 Å². The predicted molar refractivity (Wildman–Crippen MR) is 97.8 cm³/mol. The normalized spacial score (nSPS) is 14.2. The number of thiocarbonyl (C=S) groups is 1. The van der Waals surface area contributed by atoms with Gasteiger partial charge in [-0.15, -0.1) is 0 Å². The number of esters is 2. The molecule has 0 aliphatic carbocycles. The van der Waals surface area contributed by atoms with E-state index >= 15 is 0 Å². The molecule has 160 valence electrons. The molecule has 12 nitrogen and oxygen atoms in total. The quantitative estimate of drug-likeness (QED) is 0.216. The number of amides is 3. The average Bonchev–Trinajstić information content (AvgIpc) is 2.99. The lowest BCUT2D eigenvalue weighted by Crippen LogP contribution is -2.45. The standard InChI is InChI=1S/C16H21N3O9S/c1-17-16(29)18-9(20)2-6-14(25)27-8-12(19-10(21)3-4-11(19)22)28-15(26)7-5-13(23)24/h12H,2-8H2,1H3,(H,23,24)(H2,17,18,20,29). The zero-order valence-electron chi connectivity index (χ0n) is 15.6. The van der Waals surface area contributed by atoms with E-state index in [0.717, 1.165) is 0 Å². The summed E-state index contributed by atoms with van der Waals surface area (Å²) in [6.07, 6.45) is -3.21. The van der Waals surface area contributed by atoms with Gasteiger partial charge in [0.1, 0.15) is 6.61 Å². The van der Waals surface area contributed by atoms with Gasteiger partial charge in [-0.2, -0.15) is 0 Å². The van der Waals surface area contributed by atoms with Crippen molar-refractivity contribution in [1.29, 1.82) is 0 Å². The number of carboxylic acids is 1. The summed E-state index contributed by atoms with van der Waals surface area (Å²) >= 11 is 4.74. The third-order valence-corrected chi connectivity index (χ3v) is 3.92. The first-order chi connectivity index (χ1) is 13.6. The fraction of sp³-hybridized carbons (Fsp3) is 0.562. The second-order valence-electron chi connectivity index (χ2n) is 5.81. The Bertz CT molecular complexity index is 694. The van der Waals surface area contributed by atoms with Gasteiger partial charge in [-0.3, -0.25) is 28.8 Å². The fourth-order valence-electron chi connectivity index (χ4n) is 2.20. The highest BCUT2D eigenvalue weighted by atomic mass is 32.1. The van der Waals surface area contributed by atoms with Gasteiger partial charge in [0, 0.05) is 26.3 Å². The molecule has 1 aliphatic rings. The number of aliphatic carboxylic acids is 1. The van der Waals surface area contributed by atoms with Crippen LogP contribution < -0.4 is 10.6 Å². The maximum absolute atomic E-state index is 11.9. The third kappa shape index (κ3) is 8.64. The SMILES string of the molecule is CNC(=S)NC(=O)CCC(=O)OCC(OC(=O)CCC(=O)O)N1C(=O)CCC1=O. The molecule has 13 heteroatoms. The lowest BCUT2D eigenvalue weighted by atomic mass is 10.3. The Morgan fingerprint density at radius 1 is 1.07 bits per heavy atom. The molecule has 0 bridgehead atoms. The van der Waals surface area contributed by atoms with Crippen LogP contribution in [0.5, 0.6) is 0 Å². The second-order valence-corrected chi connectivity index (χ2v) is 6.21. The highest BCUT2D eigenvalue weighted by molar-refractivity contribution is 7.80. The average molecular weight is 431 g/mol. The molecule has 0 aromatic rings. The number of nitrogens with zero attached hydrogens (tertiary/aromatic N) is 1. The fourth-order valence-corrected chi connectivity index (χ4v) is 2.31. The van der Waals surface area contributed by atoms with Gasteiger partial charge >= 0.3 is 17.9 Å². The minimum atomic E-state index is -1.51. The van der Waals surface area contributed by atoms with E-state index in [2.05, 4.69) is 10.6 Å². The molecule has 0 spiro atoms. The van der Waals surface area contributed by atoms with Gasteiger partial charge in [-0.05, 0) is 12.2 Å². The van der Waals surface area contributed by atoms with E-state index in [1.807, 2.05) is 0 Å². The van der Waals surface area contributed by atoms with Gasteiger partial charge in [-0.1, -0.05) is 0 Å². The molecule has 3 amide bonds. The molecule has 0 radical (unpaired) electrons. The minimum Gasteiger partial charge on any atom is -0.481 e. The molecule has 1 unspecified atom stereocenters. The number of carbonyl (C=O) groups is 6. The summed E-state index contributed by atoms with van der Waals surface area (Å²) in [4.78, 5) is 70.1. The molecule has 0 aromatic carbocycles. The first kappa shape index (κ1) is 23.9. The lowest BCUT2D eigenvalue weighted by molar-refractivity contribution is -0.178. The number of rotatable bonds is 10. The van der Waals surface area contributed by atoms with Crippen LogP contribution in [0.1, 0.15) is 38.5 Å². The van der Waals surface area contributed by atoms with Crippen LogP contribution in [0.3, 0.4) is 0 Å². The maximum Gasteiger partial charge on any atom is 0.308 e. The molecule has 1 fully saturated rings. The van der Waals surface area contributed by atoms with E-state index in [-0.39, 0.29) is 30.8 Å². The van der Waals surface area contributed by atoms with E-state index in [1.165, 1.54) is 7.05 Å². The molecule has 1 rings (SSSR count). The molecule has 0 aromatic heterocycles. The smallest absolute Gasteiger partial charge is 0.308 e. The van der Waals surface area contributed by atoms with Crippen molar-refractivity contribution in [1.82, 2.24) is 15.5 Å². The summed E-state index contributed by atoms with van der Waals surface area (Å²) in [5, 5.41) is 13.5. The highest BCUT2D eigenvalue weighted by Crippen LogP contribution is 2.17. The van der Waals surface area contributed by atoms with Gasteiger partial charge in [0.05, 0.1) is 19.3 Å². The zero-order valence-corrected chi connectivity index (χ0v) is 16.4. The van der Waals surface area contributed by atoms with Crippen LogP contribution in [0, 0.1) is 0 Å². The van der Waals surface area contributed by atoms with E-state index in [0.29, 0.717) is 4.90 Å². The van der Waals surface area contributed by atoms with Gasteiger partial charge in [0.25, 0.3) is 0 Å². The number of ether oxygens (including phenoxy) is 2. The van der Waals surface area contributed by atoms with Gasteiger partial charge in [-0.25, -0.2) is 4.90 Å². The minimum absolute atomic E-state index is 0.0818. The molecule has 1 heterocycles. The number of carboxylic acid groups (broad SMARTS) is 1. The Morgan fingerprint density at radius 2 is 1.66 bits per heavy atom. The van der Waals surface area contributed by atoms with Crippen molar-refractivity contribution in [3.05, 3.63) is 0 Å². The summed E-state index contributed by atoms with van der Waals surface area (Å²) in [7, 11) is 1.51. The van der Waals surface area contributed by atoms with Crippen molar-refractivity contribution >= 4 is 53.0 Å². The Balaban J connectivity index is 2.61. The van der Waals surface area contributed by atoms with E-state index in [1.54, 1.807) is 0 Å². The Morgan fingerprint density at radius 3 is 2.21 bits per heavy atom. The predicted octanol–water partition coefficient (Wildman–Crippen LogP) is -1.19. The first-order valence-corrected chi connectivity index (χ1v) is 8.98. The Labute approximate surface area is 170 Å². The molecule has 0 saturated carbocycles. The van der Waals surface area contributed by atoms with Crippen LogP contribution in [0.15, 0.2) is 0 Å². The zero-order chi connectivity index (χ0) is 22.0. The van der Waals surface area contributed by atoms with Crippen molar-refractivity contribution in [2.24, 2.45) is 0 Å². The van der Waals surface area contributed by atoms with Gasteiger partial charge in [0.2, 0.25) is 23.9 Å². The van der Waals surface area contributed by atoms with Crippen LogP contribution in [-0.2, 0) is 38.2 Å². The number of hydrogen-bond donors (Lipinski definition) is 3. The van der Waals surface area contributed by atoms with Crippen molar-refractivity contribution in [2.45, 2.75) is 44.8 Å². The third-order valence-electron chi connectivity index (χ3n) is 3.61. The largest absolute Gasteiger partial charge is 0.481 e.